The number of carbonyl (C=O) groups is 2. The molecule has 0 radical (unpaired) electrons. The summed E-state index contributed by atoms with van der Waals surface area (Å²) in [6, 6.07) is 11.3. The molecule has 0 heterocycles. The van der Waals surface area contributed by atoms with Crippen LogP contribution in [-0.4, -0.2) is 50.0 Å². The molecule has 0 aromatic heterocycles. The van der Waals surface area contributed by atoms with Crippen molar-refractivity contribution in [2.45, 2.75) is 64.6 Å². The Labute approximate surface area is 223 Å². The minimum absolute atomic E-state index is 0.0289. The molecule has 1 saturated carbocycles. The second kappa shape index (κ2) is 12.3. The number of amides is 2. The van der Waals surface area contributed by atoms with E-state index in [0.29, 0.717) is 27.7 Å². The van der Waals surface area contributed by atoms with E-state index in [0.717, 1.165) is 41.8 Å². The maximum atomic E-state index is 13.7. The molecule has 0 aliphatic heterocycles. The third-order valence-electron chi connectivity index (χ3n) is 6.55. The predicted molar refractivity (Wildman–Crippen MR) is 145 cm³/mol. The SMILES string of the molecule is CCc1ccccc1N(CC(=O)N(Cc1ccc(Cl)cc1Cl)C(C)C(=O)NC1CCCC1)S(C)(=O)=O. The molecule has 196 valence electrons. The Morgan fingerprint density at radius 2 is 1.75 bits per heavy atom. The first-order chi connectivity index (χ1) is 17.0. The summed E-state index contributed by atoms with van der Waals surface area (Å²) in [6.45, 7) is 3.16. The van der Waals surface area contributed by atoms with Gasteiger partial charge in [-0.2, -0.15) is 0 Å². The number of benzene rings is 2. The normalized spacial score (nSPS) is 14.9. The first-order valence-corrected chi connectivity index (χ1v) is 14.7. The van der Waals surface area contributed by atoms with Gasteiger partial charge in [-0.25, -0.2) is 8.42 Å². The first-order valence-electron chi connectivity index (χ1n) is 12.1. The number of anilines is 1. The highest BCUT2D eigenvalue weighted by Crippen LogP contribution is 2.26. The minimum atomic E-state index is -3.79. The maximum Gasteiger partial charge on any atom is 0.244 e. The van der Waals surface area contributed by atoms with Gasteiger partial charge in [-0.3, -0.25) is 13.9 Å². The molecule has 1 unspecified atom stereocenters. The Bertz CT molecular complexity index is 1200. The van der Waals surface area contributed by atoms with Gasteiger partial charge < -0.3 is 10.2 Å². The van der Waals surface area contributed by atoms with Gasteiger partial charge in [0.05, 0.1) is 11.9 Å². The summed E-state index contributed by atoms with van der Waals surface area (Å²) in [7, 11) is -3.79. The van der Waals surface area contributed by atoms with E-state index in [4.69, 9.17) is 23.2 Å². The molecule has 0 saturated heterocycles. The lowest BCUT2D eigenvalue weighted by molar-refractivity contribution is -0.139. The molecule has 7 nitrogen and oxygen atoms in total. The van der Waals surface area contributed by atoms with Crippen molar-refractivity contribution in [3.8, 4) is 0 Å². The van der Waals surface area contributed by atoms with Crippen LogP contribution in [-0.2, 0) is 32.6 Å². The second-order valence-corrected chi connectivity index (χ2v) is 11.9. The van der Waals surface area contributed by atoms with Crippen LogP contribution in [0, 0.1) is 0 Å². The zero-order valence-electron chi connectivity index (χ0n) is 20.8. The van der Waals surface area contributed by atoms with Gasteiger partial charge in [0.15, 0.2) is 0 Å². The van der Waals surface area contributed by atoms with Crippen molar-refractivity contribution >= 4 is 50.7 Å². The number of halogens is 2. The molecule has 1 N–H and O–H groups in total. The van der Waals surface area contributed by atoms with E-state index in [1.807, 2.05) is 19.1 Å². The molecule has 36 heavy (non-hydrogen) atoms. The van der Waals surface area contributed by atoms with Gasteiger partial charge >= 0.3 is 0 Å². The van der Waals surface area contributed by atoms with Gasteiger partial charge in [0.2, 0.25) is 21.8 Å². The Kier molecular flexibility index (Phi) is 9.66. The van der Waals surface area contributed by atoms with E-state index in [9.17, 15) is 18.0 Å². The predicted octanol–water partition coefficient (Wildman–Crippen LogP) is 4.80. The lowest BCUT2D eigenvalue weighted by Gasteiger charge is -2.32. The van der Waals surface area contributed by atoms with E-state index in [1.54, 1.807) is 37.3 Å². The molecule has 1 fully saturated rings. The Morgan fingerprint density at radius 1 is 1.08 bits per heavy atom. The van der Waals surface area contributed by atoms with E-state index in [-0.39, 0.29) is 18.5 Å². The third-order valence-corrected chi connectivity index (χ3v) is 8.26. The number of hydrogen-bond acceptors (Lipinski definition) is 4. The van der Waals surface area contributed by atoms with Crippen LogP contribution < -0.4 is 9.62 Å². The quantitative estimate of drug-likeness (QED) is 0.457. The summed E-state index contributed by atoms with van der Waals surface area (Å²) in [6.07, 6.45) is 5.60. The minimum Gasteiger partial charge on any atom is -0.352 e. The summed E-state index contributed by atoms with van der Waals surface area (Å²) in [5.74, 6) is -0.786. The van der Waals surface area contributed by atoms with Crippen LogP contribution in [0.3, 0.4) is 0 Å². The molecule has 2 aromatic carbocycles. The Morgan fingerprint density at radius 3 is 2.36 bits per heavy atom. The first kappa shape index (κ1) is 28.3. The fourth-order valence-corrected chi connectivity index (χ4v) is 5.80. The molecule has 1 aliphatic carbocycles. The van der Waals surface area contributed by atoms with Crippen molar-refractivity contribution in [2.75, 3.05) is 17.1 Å². The van der Waals surface area contributed by atoms with Gasteiger partial charge in [0, 0.05) is 22.6 Å². The van der Waals surface area contributed by atoms with Crippen molar-refractivity contribution in [1.82, 2.24) is 10.2 Å². The fourth-order valence-electron chi connectivity index (χ4n) is 4.46. The van der Waals surface area contributed by atoms with Crippen LogP contribution >= 0.6 is 23.2 Å². The van der Waals surface area contributed by atoms with E-state index >= 15 is 0 Å². The van der Waals surface area contributed by atoms with Crippen LogP contribution in [0.4, 0.5) is 5.69 Å². The molecular formula is C26H33Cl2N3O4S. The van der Waals surface area contributed by atoms with Crippen LogP contribution in [0.2, 0.25) is 10.0 Å². The molecule has 2 amide bonds. The van der Waals surface area contributed by atoms with Crippen molar-refractivity contribution < 1.29 is 18.0 Å². The van der Waals surface area contributed by atoms with Gasteiger partial charge in [-0.1, -0.05) is 67.2 Å². The zero-order valence-corrected chi connectivity index (χ0v) is 23.2. The molecule has 0 bridgehead atoms. The number of aryl methyl sites for hydroxylation is 1. The van der Waals surface area contributed by atoms with Gasteiger partial charge in [0.1, 0.15) is 12.6 Å². The van der Waals surface area contributed by atoms with Crippen molar-refractivity contribution in [3.05, 3.63) is 63.6 Å². The standard InChI is InChI=1S/C26H33Cl2N3O4S/c1-4-19-9-5-8-12-24(19)31(36(3,34)35)17-25(32)30(16-20-13-14-21(27)15-23(20)28)18(2)26(33)29-22-10-6-7-11-22/h5,8-9,12-15,18,22H,4,6-7,10-11,16-17H2,1-3H3,(H,29,33). The van der Waals surface area contributed by atoms with Crippen molar-refractivity contribution in [2.24, 2.45) is 0 Å². The highest BCUT2D eigenvalue weighted by molar-refractivity contribution is 7.92. The van der Waals surface area contributed by atoms with Crippen LogP contribution in [0.5, 0.6) is 0 Å². The lowest BCUT2D eigenvalue weighted by atomic mass is 10.1. The molecule has 10 heteroatoms. The maximum absolute atomic E-state index is 13.7. The zero-order chi connectivity index (χ0) is 26.5. The second-order valence-electron chi connectivity index (χ2n) is 9.18. The van der Waals surface area contributed by atoms with Crippen LogP contribution in [0.1, 0.15) is 50.7 Å². The number of para-hydroxylation sites is 1. The molecule has 3 rings (SSSR count). The van der Waals surface area contributed by atoms with E-state index in [2.05, 4.69) is 5.32 Å². The average Bonchev–Trinajstić information content (AvgIpc) is 3.33. The summed E-state index contributed by atoms with van der Waals surface area (Å²) in [5.41, 5.74) is 1.85. The van der Waals surface area contributed by atoms with Crippen LogP contribution in [0.25, 0.3) is 0 Å². The van der Waals surface area contributed by atoms with Crippen LogP contribution in [0.15, 0.2) is 42.5 Å². The fraction of sp³-hybridized carbons (Fsp3) is 0.462. The summed E-state index contributed by atoms with van der Waals surface area (Å²) in [5, 5.41) is 3.85. The number of nitrogens with zero attached hydrogens (tertiary/aromatic N) is 2. The number of carbonyl (C=O) groups excluding carboxylic acids is 2. The molecule has 1 atom stereocenters. The molecule has 1 aliphatic rings. The highest BCUT2D eigenvalue weighted by Gasteiger charge is 2.32. The van der Waals surface area contributed by atoms with E-state index < -0.39 is 28.5 Å². The van der Waals surface area contributed by atoms with E-state index in [1.165, 1.54) is 4.90 Å². The summed E-state index contributed by atoms with van der Waals surface area (Å²) >= 11 is 12.4. The Balaban J connectivity index is 1.93. The van der Waals surface area contributed by atoms with Gasteiger partial charge in [-0.15, -0.1) is 0 Å². The molecule has 0 spiro atoms. The highest BCUT2D eigenvalue weighted by atomic mass is 35.5. The monoisotopic (exact) mass is 553 g/mol. The smallest absolute Gasteiger partial charge is 0.244 e. The van der Waals surface area contributed by atoms with Gasteiger partial charge in [0.25, 0.3) is 0 Å². The molecule has 2 aromatic rings. The largest absolute Gasteiger partial charge is 0.352 e. The number of nitrogens with one attached hydrogen (secondary N) is 1. The average molecular weight is 555 g/mol. The number of rotatable bonds is 10. The van der Waals surface area contributed by atoms with Crippen molar-refractivity contribution in [1.29, 1.82) is 0 Å². The molecular weight excluding hydrogens is 521 g/mol. The third kappa shape index (κ3) is 7.14. The number of sulfonamides is 1. The number of hydrogen-bond donors (Lipinski definition) is 1. The topological polar surface area (TPSA) is 86.8 Å². The summed E-state index contributed by atoms with van der Waals surface area (Å²) < 4.78 is 26.7. The lowest BCUT2D eigenvalue weighted by Crippen LogP contribution is -2.52. The van der Waals surface area contributed by atoms with Crippen molar-refractivity contribution in [3.63, 3.8) is 0 Å². The Hall–Kier alpha value is -2.29. The summed E-state index contributed by atoms with van der Waals surface area (Å²) in [4.78, 5) is 28.2. The van der Waals surface area contributed by atoms with Gasteiger partial charge in [-0.05, 0) is 55.5 Å².